The van der Waals surface area contributed by atoms with Crippen LogP contribution < -0.4 is 5.32 Å². The third-order valence-corrected chi connectivity index (χ3v) is 3.04. The van der Waals surface area contributed by atoms with E-state index >= 15 is 0 Å². The van der Waals surface area contributed by atoms with Gasteiger partial charge in [0.25, 0.3) is 0 Å². The quantitative estimate of drug-likeness (QED) is 0.882. The second-order valence-electron chi connectivity index (χ2n) is 5.41. The number of hydrogen-bond acceptors (Lipinski definition) is 3. The van der Waals surface area contributed by atoms with E-state index < -0.39 is 17.7 Å². The minimum absolute atomic E-state index is 0.242. The van der Waals surface area contributed by atoms with Crippen molar-refractivity contribution in [3.05, 3.63) is 40.9 Å². The summed E-state index contributed by atoms with van der Waals surface area (Å²) in [5, 5.41) is 12.0. The number of aliphatic hydroxyl groups is 1. The van der Waals surface area contributed by atoms with Crippen molar-refractivity contribution in [3.63, 3.8) is 0 Å². The molecule has 0 aromatic heterocycles. The van der Waals surface area contributed by atoms with E-state index in [4.69, 9.17) is 4.74 Å². The summed E-state index contributed by atoms with van der Waals surface area (Å²) in [6.07, 6.45) is -0.574. The topological polar surface area (TPSA) is 58.6 Å². The molecule has 0 aliphatic heterocycles. The summed E-state index contributed by atoms with van der Waals surface area (Å²) >= 11 is 3.35. The van der Waals surface area contributed by atoms with E-state index in [2.05, 4.69) is 27.8 Å². The van der Waals surface area contributed by atoms with Crippen LogP contribution in [0.4, 0.5) is 4.79 Å². The van der Waals surface area contributed by atoms with Crippen LogP contribution >= 0.6 is 15.9 Å². The Hall–Kier alpha value is -1.33. The number of halogens is 1. The summed E-state index contributed by atoms with van der Waals surface area (Å²) < 4.78 is 6.12. The summed E-state index contributed by atoms with van der Waals surface area (Å²) in [7, 11) is 0. The molecule has 1 rings (SSSR count). The Kier molecular flexibility index (Phi) is 5.77. The van der Waals surface area contributed by atoms with Gasteiger partial charge in [-0.15, -0.1) is 0 Å². The van der Waals surface area contributed by atoms with Crippen LogP contribution in [0.25, 0.3) is 5.57 Å². The Bertz CT molecular complexity index is 477. The molecule has 2 N–H and O–H groups in total. The third-order valence-electron chi connectivity index (χ3n) is 2.51. The van der Waals surface area contributed by atoms with Crippen LogP contribution in [0, 0.1) is 0 Å². The molecule has 0 fully saturated rings. The normalized spacial score (nSPS) is 12.7. The first-order valence-electron chi connectivity index (χ1n) is 6.28. The summed E-state index contributed by atoms with van der Waals surface area (Å²) in [5.74, 6) is 0. The molecule has 110 valence electrons. The average Bonchev–Trinajstić information content (AvgIpc) is 2.34. The minimum Gasteiger partial charge on any atom is -0.444 e. The van der Waals surface area contributed by atoms with Crippen LogP contribution in [0.1, 0.15) is 26.3 Å². The van der Waals surface area contributed by atoms with E-state index in [1.807, 2.05) is 24.3 Å². The molecule has 0 bridgehead atoms. The van der Waals surface area contributed by atoms with Crippen molar-refractivity contribution in [2.24, 2.45) is 0 Å². The van der Waals surface area contributed by atoms with Crippen molar-refractivity contribution in [2.45, 2.75) is 32.4 Å². The number of nitrogens with one attached hydrogen (secondary N) is 1. The monoisotopic (exact) mass is 341 g/mol. The Balaban J connectivity index is 2.73. The first-order chi connectivity index (χ1) is 9.23. The minimum atomic E-state index is -0.580. The number of carbonyl (C=O) groups excluding carboxylic acids is 1. The predicted molar refractivity (Wildman–Crippen MR) is 83.4 cm³/mol. The van der Waals surface area contributed by atoms with E-state index in [9.17, 15) is 9.90 Å². The van der Waals surface area contributed by atoms with Crippen LogP contribution in [0.3, 0.4) is 0 Å². The fourth-order valence-electron chi connectivity index (χ4n) is 1.56. The van der Waals surface area contributed by atoms with Gasteiger partial charge >= 0.3 is 6.09 Å². The molecule has 1 amide bonds. The van der Waals surface area contributed by atoms with Crippen LogP contribution in [-0.2, 0) is 4.74 Å². The van der Waals surface area contributed by atoms with E-state index in [0.717, 1.165) is 10.0 Å². The van der Waals surface area contributed by atoms with Crippen molar-refractivity contribution in [1.29, 1.82) is 0 Å². The number of amides is 1. The van der Waals surface area contributed by atoms with Gasteiger partial charge in [0.05, 0.1) is 12.6 Å². The van der Waals surface area contributed by atoms with Crippen LogP contribution in [0.5, 0.6) is 0 Å². The van der Waals surface area contributed by atoms with Gasteiger partial charge in [-0.1, -0.05) is 34.6 Å². The van der Waals surface area contributed by atoms with Crippen LogP contribution in [0.2, 0.25) is 0 Å². The van der Waals surface area contributed by atoms with Gasteiger partial charge in [0.1, 0.15) is 5.60 Å². The van der Waals surface area contributed by atoms with Gasteiger partial charge in [-0.25, -0.2) is 4.79 Å². The fraction of sp³-hybridized carbons (Fsp3) is 0.400. The summed E-state index contributed by atoms with van der Waals surface area (Å²) in [5.41, 5.74) is 0.900. The smallest absolute Gasteiger partial charge is 0.408 e. The largest absolute Gasteiger partial charge is 0.444 e. The lowest BCUT2D eigenvalue weighted by atomic mass is 10.0. The highest BCUT2D eigenvalue weighted by molar-refractivity contribution is 9.10. The van der Waals surface area contributed by atoms with Crippen molar-refractivity contribution in [2.75, 3.05) is 6.61 Å². The van der Waals surface area contributed by atoms with Gasteiger partial charge < -0.3 is 15.2 Å². The second-order valence-corrected chi connectivity index (χ2v) is 6.33. The maximum Gasteiger partial charge on any atom is 0.408 e. The molecule has 5 heteroatoms. The number of rotatable bonds is 4. The van der Waals surface area contributed by atoms with Crippen molar-refractivity contribution in [3.8, 4) is 0 Å². The van der Waals surface area contributed by atoms with Gasteiger partial charge in [0.15, 0.2) is 0 Å². The SMILES string of the molecule is C=C(c1ccc(Br)cc1)[C@H](CO)NC(=O)OC(C)(C)C. The molecule has 0 aliphatic carbocycles. The summed E-state index contributed by atoms with van der Waals surface area (Å²) in [6, 6.07) is 6.91. The predicted octanol–water partition coefficient (Wildman–Crippen LogP) is 3.35. The van der Waals surface area contributed by atoms with E-state index in [1.54, 1.807) is 20.8 Å². The Morgan fingerprint density at radius 2 is 1.95 bits per heavy atom. The summed E-state index contributed by atoms with van der Waals surface area (Å²) in [6.45, 7) is 9.03. The number of aliphatic hydroxyl groups excluding tert-OH is 1. The molecule has 0 heterocycles. The lowest BCUT2D eigenvalue weighted by Crippen LogP contribution is -2.41. The molecular formula is C15H20BrNO3. The maximum atomic E-state index is 11.7. The Labute approximate surface area is 128 Å². The molecule has 1 aromatic rings. The highest BCUT2D eigenvalue weighted by Gasteiger charge is 2.21. The Morgan fingerprint density at radius 1 is 1.40 bits per heavy atom. The zero-order valence-corrected chi connectivity index (χ0v) is 13.5. The fourth-order valence-corrected chi connectivity index (χ4v) is 1.82. The molecule has 0 unspecified atom stereocenters. The number of benzene rings is 1. The van der Waals surface area contributed by atoms with Gasteiger partial charge in [0.2, 0.25) is 0 Å². The summed E-state index contributed by atoms with van der Waals surface area (Å²) in [4.78, 5) is 11.7. The molecule has 0 aliphatic rings. The first kappa shape index (κ1) is 16.7. The highest BCUT2D eigenvalue weighted by atomic mass is 79.9. The first-order valence-corrected chi connectivity index (χ1v) is 7.07. The van der Waals surface area contributed by atoms with Crippen LogP contribution in [0.15, 0.2) is 35.3 Å². The zero-order chi connectivity index (χ0) is 15.3. The molecule has 0 radical (unpaired) electrons. The second kappa shape index (κ2) is 6.90. The van der Waals surface area contributed by atoms with Gasteiger partial charge in [-0.2, -0.15) is 0 Å². The van der Waals surface area contributed by atoms with E-state index in [0.29, 0.717) is 5.57 Å². The number of hydrogen-bond donors (Lipinski definition) is 2. The van der Waals surface area contributed by atoms with Gasteiger partial charge in [-0.05, 0) is 44.0 Å². The molecule has 4 nitrogen and oxygen atoms in total. The number of carbonyl (C=O) groups is 1. The third kappa shape index (κ3) is 5.35. The number of alkyl carbamates (subject to hydrolysis) is 1. The van der Waals surface area contributed by atoms with Crippen molar-refractivity contribution in [1.82, 2.24) is 5.32 Å². The van der Waals surface area contributed by atoms with E-state index in [1.165, 1.54) is 0 Å². The highest BCUT2D eigenvalue weighted by Crippen LogP contribution is 2.19. The van der Waals surface area contributed by atoms with Gasteiger partial charge in [-0.3, -0.25) is 0 Å². The molecule has 0 saturated heterocycles. The molecule has 1 aromatic carbocycles. The molecule has 0 saturated carbocycles. The van der Waals surface area contributed by atoms with Crippen LogP contribution in [-0.4, -0.2) is 29.4 Å². The zero-order valence-electron chi connectivity index (χ0n) is 11.9. The standard InChI is InChI=1S/C15H20BrNO3/c1-10(11-5-7-12(16)8-6-11)13(9-18)17-14(19)20-15(2,3)4/h5-8,13,18H,1,9H2,2-4H3,(H,17,19)/t13-/m0/s1. The van der Waals surface area contributed by atoms with Gasteiger partial charge in [0, 0.05) is 4.47 Å². The number of ether oxygens (including phenoxy) is 1. The average molecular weight is 342 g/mol. The molecule has 20 heavy (non-hydrogen) atoms. The lowest BCUT2D eigenvalue weighted by molar-refractivity contribution is 0.0501. The van der Waals surface area contributed by atoms with E-state index in [-0.39, 0.29) is 6.61 Å². The lowest BCUT2D eigenvalue weighted by Gasteiger charge is -2.24. The molecular weight excluding hydrogens is 322 g/mol. The molecule has 1 atom stereocenters. The molecule has 0 spiro atoms. The van der Waals surface area contributed by atoms with Crippen molar-refractivity contribution < 1.29 is 14.6 Å². The Morgan fingerprint density at radius 3 is 2.40 bits per heavy atom. The van der Waals surface area contributed by atoms with Crippen molar-refractivity contribution >= 4 is 27.6 Å². The maximum absolute atomic E-state index is 11.7.